The van der Waals surface area contributed by atoms with Crippen LogP contribution in [0.4, 0.5) is 10.5 Å². The number of hydrogen-bond donors (Lipinski definition) is 1. The molecule has 0 saturated heterocycles. The number of hydrogen-bond acceptors (Lipinski definition) is 4. The predicted octanol–water partition coefficient (Wildman–Crippen LogP) is 0.724. The highest BCUT2D eigenvalue weighted by molar-refractivity contribution is 7.90. The molecule has 1 aliphatic rings. The van der Waals surface area contributed by atoms with E-state index < -0.39 is 16.1 Å². The molecule has 2 rings (SSSR count). The molecule has 2 amide bonds. The number of carbonyl (C=O) groups excluding carboxylic acids is 1. The van der Waals surface area contributed by atoms with E-state index in [0.717, 1.165) is 0 Å². The van der Waals surface area contributed by atoms with E-state index in [1.54, 1.807) is 0 Å². The minimum atomic E-state index is -3.78. The molecule has 1 aromatic rings. The zero-order chi connectivity index (χ0) is 11.9. The lowest BCUT2D eigenvalue weighted by Gasteiger charge is -2.25. The molecule has 0 unspecified atom stereocenters. The van der Waals surface area contributed by atoms with E-state index in [1.807, 2.05) is 6.07 Å². The Kier molecular flexibility index (Phi) is 2.10. The summed E-state index contributed by atoms with van der Waals surface area (Å²) in [6.07, 6.45) is 0. The van der Waals surface area contributed by atoms with Crippen molar-refractivity contribution in [3.63, 3.8) is 0 Å². The summed E-state index contributed by atoms with van der Waals surface area (Å²) in [7, 11) is -2.61. The Balaban J connectivity index is 2.71. The third kappa shape index (κ3) is 1.31. The van der Waals surface area contributed by atoms with Gasteiger partial charge in [-0.3, -0.25) is 0 Å². The molecule has 1 aromatic carbocycles. The first kappa shape index (κ1) is 10.4. The minimum absolute atomic E-state index is 0.00593. The molecule has 0 spiro atoms. The quantitative estimate of drug-likeness (QED) is 0.720. The van der Waals surface area contributed by atoms with Crippen LogP contribution in [0, 0.1) is 11.3 Å². The highest BCUT2D eigenvalue weighted by Crippen LogP contribution is 2.29. The predicted molar refractivity (Wildman–Crippen MR) is 55.1 cm³/mol. The Morgan fingerprint density at radius 2 is 2.12 bits per heavy atom. The summed E-state index contributed by atoms with van der Waals surface area (Å²) in [4.78, 5) is 11.3. The molecule has 0 aliphatic carbocycles. The van der Waals surface area contributed by atoms with Gasteiger partial charge in [0.2, 0.25) is 0 Å². The summed E-state index contributed by atoms with van der Waals surface area (Å²) < 4.78 is 24.2. The second-order valence-electron chi connectivity index (χ2n) is 3.23. The van der Waals surface area contributed by atoms with E-state index in [0.29, 0.717) is 9.87 Å². The SMILES string of the molecule is CN1C(=O)Nc2cc(C#N)ccc2S1(=O)=O. The second kappa shape index (κ2) is 3.21. The van der Waals surface area contributed by atoms with Crippen LogP contribution in [0.5, 0.6) is 0 Å². The van der Waals surface area contributed by atoms with Crippen molar-refractivity contribution in [3.05, 3.63) is 23.8 Å². The van der Waals surface area contributed by atoms with Gasteiger partial charge >= 0.3 is 6.03 Å². The summed E-state index contributed by atoms with van der Waals surface area (Å²) in [5.41, 5.74) is 0.431. The number of amides is 2. The van der Waals surface area contributed by atoms with E-state index in [2.05, 4.69) is 5.32 Å². The van der Waals surface area contributed by atoms with Crippen LogP contribution in [-0.4, -0.2) is 25.8 Å². The molecule has 6 nitrogen and oxygen atoms in total. The fraction of sp³-hybridized carbons (Fsp3) is 0.111. The molecule has 0 bridgehead atoms. The Bertz CT molecular complexity index is 615. The van der Waals surface area contributed by atoms with E-state index in [4.69, 9.17) is 5.26 Å². The number of carbonyl (C=O) groups is 1. The average Bonchev–Trinajstić information content (AvgIpc) is 2.26. The molecule has 0 radical (unpaired) electrons. The monoisotopic (exact) mass is 237 g/mol. The lowest BCUT2D eigenvalue weighted by molar-refractivity contribution is 0.240. The van der Waals surface area contributed by atoms with E-state index in [9.17, 15) is 13.2 Å². The lowest BCUT2D eigenvalue weighted by atomic mass is 10.2. The number of nitriles is 1. The average molecular weight is 237 g/mol. The third-order valence-corrected chi connectivity index (χ3v) is 4.07. The zero-order valence-corrected chi connectivity index (χ0v) is 9.08. The summed E-state index contributed by atoms with van der Waals surface area (Å²) in [6, 6.07) is 5.16. The number of benzene rings is 1. The molecular weight excluding hydrogens is 230 g/mol. The number of fused-ring (bicyclic) bond motifs is 1. The Morgan fingerprint density at radius 3 is 2.75 bits per heavy atom. The van der Waals surface area contributed by atoms with Gasteiger partial charge in [0, 0.05) is 7.05 Å². The first-order valence-electron chi connectivity index (χ1n) is 4.31. The molecule has 0 aromatic heterocycles. The van der Waals surface area contributed by atoms with Crippen LogP contribution in [0.2, 0.25) is 0 Å². The second-order valence-corrected chi connectivity index (χ2v) is 5.16. The highest BCUT2D eigenvalue weighted by Gasteiger charge is 2.33. The Labute approximate surface area is 92.1 Å². The summed E-state index contributed by atoms with van der Waals surface area (Å²) in [5.74, 6) is 0. The number of rotatable bonds is 0. The van der Waals surface area contributed by atoms with Crippen LogP contribution in [0.25, 0.3) is 0 Å². The van der Waals surface area contributed by atoms with Crippen molar-refractivity contribution >= 4 is 21.7 Å². The number of anilines is 1. The fourth-order valence-electron chi connectivity index (χ4n) is 1.37. The minimum Gasteiger partial charge on any atom is -0.306 e. The first-order valence-corrected chi connectivity index (χ1v) is 5.75. The fourth-order valence-corrected chi connectivity index (χ4v) is 2.56. The van der Waals surface area contributed by atoms with Crippen molar-refractivity contribution in [2.24, 2.45) is 0 Å². The van der Waals surface area contributed by atoms with Crippen molar-refractivity contribution in [1.82, 2.24) is 4.31 Å². The van der Waals surface area contributed by atoms with Crippen LogP contribution < -0.4 is 5.32 Å². The molecule has 1 heterocycles. The van der Waals surface area contributed by atoms with E-state index in [-0.39, 0.29) is 10.6 Å². The normalized spacial score (nSPS) is 17.2. The highest BCUT2D eigenvalue weighted by atomic mass is 32.2. The van der Waals surface area contributed by atoms with Gasteiger partial charge in [0.15, 0.2) is 0 Å². The van der Waals surface area contributed by atoms with Gasteiger partial charge in [0.25, 0.3) is 10.0 Å². The topological polar surface area (TPSA) is 90.3 Å². The van der Waals surface area contributed by atoms with Crippen LogP contribution in [0.1, 0.15) is 5.56 Å². The molecule has 1 aliphatic heterocycles. The van der Waals surface area contributed by atoms with E-state index in [1.165, 1.54) is 25.2 Å². The van der Waals surface area contributed by atoms with Crippen LogP contribution >= 0.6 is 0 Å². The molecule has 0 fully saturated rings. The number of sulfonamides is 1. The summed E-state index contributed by atoms with van der Waals surface area (Å²) >= 11 is 0. The maximum Gasteiger partial charge on any atom is 0.335 e. The zero-order valence-electron chi connectivity index (χ0n) is 8.26. The lowest BCUT2D eigenvalue weighted by Crippen LogP contribution is -2.41. The van der Waals surface area contributed by atoms with Crippen molar-refractivity contribution in [1.29, 1.82) is 5.26 Å². The molecule has 1 N–H and O–H groups in total. The molecule has 7 heteroatoms. The number of nitrogens with one attached hydrogen (secondary N) is 1. The first-order chi connectivity index (χ1) is 7.46. The maximum atomic E-state index is 11.8. The molecule has 0 atom stereocenters. The summed E-state index contributed by atoms with van der Waals surface area (Å²) in [6.45, 7) is 0. The van der Waals surface area contributed by atoms with Crippen molar-refractivity contribution in [3.8, 4) is 6.07 Å². The van der Waals surface area contributed by atoms with Crippen molar-refractivity contribution < 1.29 is 13.2 Å². The van der Waals surface area contributed by atoms with E-state index >= 15 is 0 Å². The standard InChI is InChI=1S/C9H7N3O3S/c1-12-9(13)11-7-4-6(5-10)2-3-8(7)16(12,14)15/h2-4H,1H3,(H,11,13). The molecule has 16 heavy (non-hydrogen) atoms. The largest absolute Gasteiger partial charge is 0.335 e. The molecular formula is C9H7N3O3S. The van der Waals surface area contributed by atoms with Gasteiger partial charge in [0.1, 0.15) is 4.90 Å². The smallest absolute Gasteiger partial charge is 0.306 e. The van der Waals surface area contributed by atoms with Gasteiger partial charge in [-0.25, -0.2) is 17.5 Å². The van der Waals surface area contributed by atoms with Crippen molar-refractivity contribution in [2.75, 3.05) is 12.4 Å². The Morgan fingerprint density at radius 1 is 1.44 bits per heavy atom. The van der Waals surface area contributed by atoms with Gasteiger partial charge < -0.3 is 5.32 Å². The van der Waals surface area contributed by atoms with Crippen LogP contribution in [0.3, 0.4) is 0 Å². The summed E-state index contributed by atoms with van der Waals surface area (Å²) in [5, 5.41) is 11.1. The molecule has 0 saturated carbocycles. The van der Waals surface area contributed by atoms with Gasteiger partial charge in [-0.15, -0.1) is 0 Å². The van der Waals surface area contributed by atoms with Gasteiger partial charge in [-0.2, -0.15) is 5.26 Å². The van der Waals surface area contributed by atoms with Gasteiger partial charge in [-0.05, 0) is 18.2 Å². The maximum absolute atomic E-state index is 11.8. The number of nitrogens with zero attached hydrogens (tertiary/aromatic N) is 2. The van der Waals surface area contributed by atoms with Gasteiger partial charge in [0.05, 0.1) is 17.3 Å². The number of urea groups is 1. The van der Waals surface area contributed by atoms with Crippen LogP contribution in [0.15, 0.2) is 23.1 Å². The van der Waals surface area contributed by atoms with Gasteiger partial charge in [-0.1, -0.05) is 0 Å². The third-order valence-electron chi connectivity index (χ3n) is 2.27. The Hall–Kier alpha value is -2.07. The van der Waals surface area contributed by atoms with Crippen molar-refractivity contribution in [2.45, 2.75) is 4.90 Å². The molecule has 82 valence electrons. The van der Waals surface area contributed by atoms with Crippen LogP contribution in [-0.2, 0) is 10.0 Å².